The number of nitrogens with zero attached hydrogens (tertiary/aromatic N) is 3. The van der Waals surface area contributed by atoms with Crippen molar-refractivity contribution in [2.75, 3.05) is 10.6 Å². The van der Waals surface area contributed by atoms with Gasteiger partial charge in [-0.15, -0.1) is 0 Å². The van der Waals surface area contributed by atoms with Crippen LogP contribution in [0.4, 0.5) is 21.6 Å². The summed E-state index contributed by atoms with van der Waals surface area (Å²) in [6, 6.07) is 17.0. The number of hydrogen-bond donors (Lipinski definition) is 2. The Kier molecular flexibility index (Phi) is 4.63. The first-order valence-electron chi connectivity index (χ1n) is 8.62. The van der Waals surface area contributed by atoms with Crippen LogP contribution in [-0.2, 0) is 0 Å². The van der Waals surface area contributed by atoms with Crippen molar-refractivity contribution in [2.45, 2.75) is 6.92 Å². The SMILES string of the molecule is Cc1nc(Nc2ccccc2F)cc(C(=O)Nc2cccc3cccnc23)n1. The summed E-state index contributed by atoms with van der Waals surface area (Å²) in [7, 11) is 0. The van der Waals surface area contributed by atoms with E-state index in [1.807, 2.05) is 24.3 Å². The molecule has 2 N–H and O–H groups in total. The number of fused-ring (bicyclic) bond motifs is 1. The van der Waals surface area contributed by atoms with Crippen LogP contribution in [0.3, 0.4) is 0 Å². The molecule has 6 nitrogen and oxygen atoms in total. The van der Waals surface area contributed by atoms with E-state index >= 15 is 0 Å². The molecule has 2 heterocycles. The molecular weight excluding hydrogens is 357 g/mol. The minimum Gasteiger partial charge on any atom is -0.338 e. The molecule has 2 aromatic carbocycles. The second-order valence-corrected chi connectivity index (χ2v) is 6.13. The maximum Gasteiger partial charge on any atom is 0.274 e. The minimum absolute atomic E-state index is 0.166. The van der Waals surface area contributed by atoms with Crippen LogP contribution < -0.4 is 10.6 Å². The number of carbonyl (C=O) groups excluding carboxylic acids is 1. The fourth-order valence-electron chi connectivity index (χ4n) is 2.84. The van der Waals surface area contributed by atoms with Crippen molar-refractivity contribution in [3.63, 3.8) is 0 Å². The van der Waals surface area contributed by atoms with Crippen molar-refractivity contribution in [3.8, 4) is 0 Å². The predicted molar refractivity (Wildman–Crippen MR) is 106 cm³/mol. The van der Waals surface area contributed by atoms with Gasteiger partial charge in [0.25, 0.3) is 5.91 Å². The van der Waals surface area contributed by atoms with E-state index in [-0.39, 0.29) is 11.4 Å². The van der Waals surface area contributed by atoms with Crippen molar-refractivity contribution in [1.29, 1.82) is 0 Å². The third-order valence-corrected chi connectivity index (χ3v) is 4.09. The van der Waals surface area contributed by atoms with E-state index in [2.05, 4.69) is 25.6 Å². The number of halogens is 1. The van der Waals surface area contributed by atoms with Crippen molar-refractivity contribution in [3.05, 3.63) is 84.2 Å². The fourth-order valence-corrected chi connectivity index (χ4v) is 2.84. The van der Waals surface area contributed by atoms with Gasteiger partial charge in [-0.1, -0.05) is 30.3 Å². The molecule has 0 unspecified atom stereocenters. The number of nitrogens with one attached hydrogen (secondary N) is 2. The van der Waals surface area contributed by atoms with Crippen LogP contribution in [0, 0.1) is 12.7 Å². The lowest BCUT2D eigenvalue weighted by atomic mass is 10.2. The Morgan fingerprint density at radius 2 is 1.75 bits per heavy atom. The number of benzene rings is 2. The highest BCUT2D eigenvalue weighted by Gasteiger charge is 2.13. The zero-order valence-electron chi connectivity index (χ0n) is 15.0. The molecule has 4 rings (SSSR count). The zero-order valence-corrected chi connectivity index (χ0v) is 15.0. The normalized spacial score (nSPS) is 10.6. The average molecular weight is 373 g/mol. The first-order valence-corrected chi connectivity index (χ1v) is 8.62. The van der Waals surface area contributed by atoms with Crippen LogP contribution in [0.2, 0.25) is 0 Å². The van der Waals surface area contributed by atoms with Gasteiger partial charge in [-0.2, -0.15) is 0 Å². The molecule has 0 atom stereocenters. The van der Waals surface area contributed by atoms with Crippen molar-refractivity contribution in [2.24, 2.45) is 0 Å². The van der Waals surface area contributed by atoms with Gasteiger partial charge < -0.3 is 10.6 Å². The standard InChI is InChI=1S/C21H16FN5O/c1-13-24-18(12-19(25-13)26-16-9-3-2-8-15(16)22)21(28)27-17-10-4-6-14-7-5-11-23-20(14)17/h2-12H,1H3,(H,27,28)(H,24,25,26). The molecule has 28 heavy (non-hydrogen) atoms. The van der Waals surface area contributed by atoms with Crippen molar-refractivity contribution >= 4 is 34.0 Å². The Morgan fingerprint density at radius 1 is 0.964 bits per heavy atom. The first-order chi connectivity index (χ1) is 13.6. The van der Waals surface area contributed by atoms with Crippen molar-refractivity contribution < 1.29 is 9.18 Å². The van der Waals surface area contributed by atoms with Gasteiger partial charge >= 0.3 is 0 Å². The van der Waals surface area contributed by atoms with Crippen LogP contribution >= 0.6 is 0 Å². The Bertz CT molecular complexity index is 1170. The fraction of sp³-hybridized carbons (Fsp3) is 0.0476. The lowest BCUT2D eigenvalue weighted by Gasteiger charge is -2.10. The maximum atomic E-state index is 13.9. The van der Waals surface area contributed by atoms with Crippen LogP contribution in [-0.4, -0.2) is 20.9 Å². The highest BCUT2D eigenvalue weighted by molar-refractivity contribution is 6.07. The number of rotatable bonds is 4. The summed E-state index contributed by atoms with van der Waals surface area (Å²) in [5, 5.41) is 6.64. The van der Waals surface area contributed by atoms with Crippen LogP contribution in [0.5, 0.6) is 0 Å². The van der Waals surface area contributed by atoms with Crippen molar-refractivity contribution in [1.82, 2.24) is 15.0 Å². The zero-order chi connectivity index (χ0) is 19.5. The maximum absolute atomic E-state index is 13.9. The molecule has 0 aliphatic rings. The summed E-state index contributed by atoms with van der Waals surface area (Å²) in [5.74, 6) is -0.0897. The van der Waals surface area contributed by atoms with Crippen LogP contribution in [0.1, 0.15) is 16.3 Å². The molecule has 0 bridgehead atoms. The number of aryl methyl sites for hydroxylation is 1. The average Bonchev–Trinajstić information content (AvgIpc) is 2.69. The largest absolute Gasteiger partial charge is 0.338 e. The molecule has 0 aliphatic carbocycles. The third kappa shape index (κ3) is 3.64. The van der Waals surface area contributed by atoms with E-state index < -0.39 is 11.7 Å². The number of amides is 1. The van der Waals surface area contributed by atoms with Gasteiger partial charge in [0.2, 0.25) is 0 Å². The summed E-state index contributed by atoms with van der Waals surface area (Å²) in [6.45, 7) is 1.67. The second-order valence-electron chi connectivity index (χ2n) is 6.13. The predicted octanol–water partition coefficient (Wildman–Crippen LogP) is 4.47. The number of anilines is 3. The molecular formula is C21H16FN5O. The lowest BCUT2D eigenvalue weighted by molar-refractivity contribution is 0.102. The van der Waals surface area contributed by atoms with Gasteiger partial charge in [0, 0.05) is 17.6 Å². The van der Waals surface area contributed by atoms with Gasteiger partial charge in [-0.05, 0) is 31.2 Å². The lowest BCUT2D eigenvalue weighted by Crippen LogP contribution is -2.16. The number of para-hydroxylation sites is 2. The molecule has 0 saturated carbocycles. The van der Waals surface area contributed by atoms with Crippen LogP contribution in [0.15, 0.2) is 66.9 Å². The smallest absolute Gasteiger partial charge is 0.274 e. The molecule has 0 aliphatic heterocycles. The molecule has 0 spiro atoms. The number of aromatic nitrogens is 3. The van der Waals surface area contributed by atoms with E-state index in [9.17, 15) is 9.18 Å². The summed E-state index contributed by atoms with van der Waals surface area (Å²) in [4.78, 5) is 25.5. The van der Waals surface area contributed by atoms with Gasteiger partial charge in [-0.3, -0.25) is 9.78 Å². The quantitative estimate of drug-likeness (QED) is 0.552. The molecule has 0 saturated heterocycles. The first kappa shape index (κ1) is 17.5. The van der Waals surface area contributed by atoms with Gasteiger partial charge in [-0.25, -0.2) is 14.4 Å². The second kappa shape index (κ2) is 7.40. The number of carbonyl (C=O) groups is 1. The van der Waals surface area contributed by atoms with E-state index in [1.165, 1.54) is 12.1 Å². The number of hydrogen-bond acceptors (Lipinski definition) is 5. The van der Waals surface area contributed by atoms with E-state index in [1.54, 1.807) is 37.4 Å². The Morgan fingerprint density at radius 3 is 2.61 bits per heavy atom. The number of pyridine rings is 1. The van der Waals surface area contributed by atoms with Gasteiger partial charge in [0.05, 0.1) is 16.9 Å². The van der Waals surface area contributed by atoms with Gasteiger partial charge in [0.1, 0.15) is 23.2 Å². The van der Waals surface area contributed by atoms with E-state index in [0.29, 0.717) is 22.8 Å². The van der Waals surface area contributed by atoms with Crippen LogP contribution in [0.25, 0.3) is 10.9 Å². The highest BCUT2D eigenvalue weighted by Crippen LogP contribution is 2.22. The Labute approximate surface area is 160 Å². The summed E-state index contributed by atoms with van der Waals surface area (Å²) < 4.78 is 13.9. The Hall–Kier alpha value is -3.87. The molecule has 4 aromatic rings. The monoisotopic (exact) mass is 373 g/mol. The van der Waals surface area contributed by atoms with E-state index in [4.69, 9.17) is 0 Å². The third-order valence-electron chi connectivity index (χ3n) is 4.09. The molecule has 138 valence electrons. The molecule has 2 aromatic heterocycles. The van der Waals surface area contributed by atoms with E-state index in [0.717, 1.165) is 5.39 Å². The summed E-state index contributed by atoms with van der Waals surface area (Å²) in [6.07, 6.45) is 1.67. The minimum atomic E-state index is -0.411. The summed E-state index contributed by atoms with van der Waals surface area (Å²) in [5.41, 5.74) is 1.71. The molecule has 0 fully saturated rings. The highest BCUT2D eigenvalue weighted by atomic mass is 19.1. The topological polar surface area (TPSA) is 79.8 Å². The molecule has 1 amide bonds. The van der Waals surface area contributed by atoms with Gasteiger partial charge in [0.15, 0.2) is 0 Å². The molecule has 0 radical (unpaired) electrons. The Balaban J connectivity index is 1.62. The summed E-state index contributed by atoms with van der Waals surface area (Å²) >= 11 is 0. The molecule has 7 heteroatoms.